The number of aliphatic hydroxyl groups is 2. The molecule has 2 atom stereocenters. The van der Waals surface area contributed by atoms with Crippen molar-refractivity contribution in [2.45, 2.75) is 45.8 Å². The van der Waals surface area contributed by atoms with E-state index in [9.17, 15) is 10.2 Å². The summed E-state index contributed by atoms with van der Waals surface area (Å²) in [7, 11) is 0. The Hall–Kier alpha value is -0.120. The van der Waals surface area contributed by atoms with E-state index in [0.717, 1.165) is 6.42 Å². The largest absolute Gasteiger partial charge is 0.393 e. The van der Waals surface area contributed by atoms with Crippen LogP contribution in [0.4, 0.5) is 0 Å². The second-order valence-electron chi connectivity index (χ2n) is 3.41. The lowest BCUT2D eigenvalue weighted by Crippen LogP contribution is -2.37. The predicted octanol–water partition coefficient (Wildman–Crippen LogP) is 1.33. The third-order valence-corrected chi connectivity index (χ3v) is 1.93. The zero-order valence-electron chi connectivity index (χ0n) is 7.96. The van der Waals surface area contributed by atoms with Crippen molar-refractivity contribution in [1.29, 1.82) is 0 Å². The molecule has 3 heteroatoms. The van der Waals surface area contributed by atoms with Gasteiger partial charge in [-0.05, 0) is 27.2 Å². The van der Waals surface area contributed by atoms with Gasteiger partial charge in [0.25, 0.3) is 0 Å². The number of aliphatic hydroxyl groups excluding tert-OH is 1. The van der Waals surface area contributed by atoms with E-state index in [2.05, 4.69) is 0 Å². The zero-order valence-corrected chi connectivity index (χ0v) is 7.96. The molecule has 3 nitrogen and oxygen atoms in total. The van der Waals surface area contributed by atoms with Gasteiger partial charge in [0, 0.05) is 5.92 Å². The SMILES string of the molecule is CCC(C(C)O)C(C)(C)O.N. The summed E-state index contributed by atoms with van der Waals surface area (Å²) in [5.74, 6) is -0.0208. The van der Waals surface area contributed by atoms with Crippen molar-refractivity contribution in [1.82, 2.24) is 6.15 Å². The van der Waals surface area contributed by atoms with E-state index in [-0.39, 0.29) is 12.1 Å². The van der Waals surface area contributed by atoms with Gasteiger partial charge >= 0.3 is 0 Å². The van der Waals surface area contributed by atoms with E-state index in [1.807, 2.05) is 6.92 Å². The molecule has 0 spiro atoms. The summed E-state index contributed by atoms with van der Waals surface area (Å²) in [5.41, 5.74) is -0.761. The highest BCUT2D eigenvalue weighted by atomic mass is 16.3. The molecule has 0 bridgehead atoms. The summed E-state index contributed by atoms with van der Waals surface area (Å²) in [6, 6.07) is 0. The Morgan fingerprint density at radius 3 is 1.73 bits per heavy atom. The molecular formula is C8H21NO2. The van der Waals surface area contributed by atoms with Crippen LogP contribution in [0.5, 0.6) is 0 Å². The van der Waals surface area contributed by atoms with Crippen molar-refractivity contribution in [2.75, 3.05) is 0 Å². The summed E-state index contributed by atoms with van der Waals surface area (Å²) < 4.78 is 0. The Kier molecular flexibility index (Phi) is 5.75. The predicted molar refractivity (Wildman–Crippen MR) is 46.8 cm³/mol. The topological polar surface area (TPSA) is 75.5 Å². The van der Waals surface area contributed by atoms with E-state index < -0.39 is 11.7 Å². The molecule has 0 aliphatic rings. The Labute approximate surface area is 69.0 Å². The standard InChI is InChI=1S/C8H18O2.H3N/c1-5-7(6(2)9)8(3,4)10;/h6-7,9-10H,5H2,1-4H3;1H3. The molecule has 0 aliphatic heterocycles. The highest BCUT2D eigenvalue weighted by Gasteiger charge is 2.28. The van der Waals surface area contributed by atoms with Gasteiger partial charge < -0.3 is 16.4 Å². The maximum atomic E-state index is 9.49. The number of hydrogen-bond donors (Lipinski definition) is 3. The van der Waals surface area contributed by atoms with Gasteiger partial charge in [-0.15, -0.1) is 0 Å². The van der Waals surface area contributed by atoms with Crippen molar-refractivity contribution in [3.63, 3.8) is 0 Å². The highest BCUT2D eigenvalue weighted by Crippen LogP contribution is 2.22. The molecule has 0 rings (SSSR count). The minimum absolute atomic E-state index is 0. The minimum Gasteiger partial charge on any atom is -0.393 e. The first kappa shape index (κ1) is 13.5. The number of hydrogen-bond acceptors (Lipinski definition) is 3. The van der Waals surface area contributed by atoms with Gasteiger partial charge in [0.05, 0.1) is 11.7 Å². The maximum absolute atomic E-state index is 9.49. The summed E-state index contributed by atoms with van der Waals surface area (Å²) in [4.78, 5) is 0. The normalized spacial score (nSPS) is 16.9. The fourth-order valence-corrected chi connectivity index (χ4v) is 1.43. The molecule has 70 valence electrons. The molecule has 0 aromatic rings. The van der Waals surface area contributed by atoms with Crippen LogP contribution in [0.1, 0.15) is 34.1 Å². The molecule has 0 saturated heterocycles. The molecule has 0 radical (unpaired) electrons. The molecule has 2 unspecified atom stereocenters. The van der Waals surface area contributed by atoms with E-state index in [1.165, 1.54) is 0 Å². The Morgan fingerprint density at radius 2 is 1.73 bits per heavy atom. The smallest absolute Gasteiger partial charge is 0.0644 e. The lowest BCUT2D eigenvalue weighted by atomic mass is 9.85. The third-order valence-electron chi connectivity index (χ3n) is 1.93. The van der Waals surface area contributed by atoms with Gasteiger partial charge in [-0.25, -0.2) is 0 Å². The zero-order chi connectivity index (χ0) is 8.36. The lowest BCUT2D eigenvalue weighted by Gasteiger charge is -2.30. The molecule has 0 saturated carbocycles. The van der Waals surface area contributed by atoms with Crippen molar-refractivity contribution < 1.29 is 10.2 Å². The van der Waals surface area contributed by atoms with Crippen LogP contribution in [0.25, 0.3) is 0 Å². The van der Waals surface area contributed by atoms with E-state index in [1.54, 1.807) is 20.8 Å². The second kappa shape index (κ2) is 4.70. The molecule has 0 fully saturated rings. The lowest BCUT2D eigenvalue weighted by molar-refractivity contribution is -0.0415. The van der Waals surface area contributed by atoms with Crippen molar-refractivity contribution >= 4 is 0 Å². The van der Waals surface area contributed by atoms with Gasteiger partial charge in [-0.2, -0.15) is 0 Å². The summed E-state index contributed by atoms with van der Waals surface area (Å²) in [6.45, 7) is 7.14. The van der Waals surface area contributed by atoms with Gasteiger partial charge in [0.2, 0.25) is 0 Å². The third kappa shape index (κ3) is 4.35. The Morgan fingerprint density at radius 1 is 1.36 bits per heavy atom. The van der Waals surface area contributed by atoms with Gasteiger partial charge in [-0.1, -0.05) is 6.92 Å². The van der Waals surface area contributed by atoms with Crippen LogP contribution < -0.4 is 6.15 Å². The molecular weight excluding hydrogens is 142 g/mol. The van der Waals surface area contributed by atoms with Crippen LogP contribution in [0.3, 0.4) is 0 Å². The maximum Gasteiger partial charge on any atom is 0.0644 e. The van der Waals surface area contributed by atoms with E-state index >= 15 is 0 Å². The van der Waals surface area contributed by atoms with Crippen LogP contribution in [-0.4, -0.2) is 21.9 Å². The van der Waals surface area contributed by atoms with Gasteiger partial charge in [0.1, 0.15) is 0 Å². The first-order valence-electron chi connectivity index (χ1n) is 3.80. The summed E-state index contributed by atoms with van der Waals surface area (Å²) in [6.07, 6.45) is 0.381. The summed E-state index contributed by atoms with van der Waals surface area (Å²) >= 11 is 0. The van der Waals surface area contributed by atoms with Gasteiger partial charge in [0.15, 0.2) is 0 Å². The highest BCUT2D eigenvalue weighted by molar-refractivity contribution is 4.79. The number of rotatable bonds is 3. The Balaban J connectivity index is 0. The average molecular weight is 163 g/mol. The summed E-state index contributed by atoms with van der Waals surface area (Å²) in [5, 5.41) is 18.7. The van der Waals surface area contributed by atoms with Crippen LogP contribution in [0, 0.1) is 5.92 Å². The van der Waals surface area contributed by atoms with Gasteiger partial charge in [-0.3, -0.25) is 0 Å². The average Bonchev–Trinajstić information content (AvgIpc) is 1.60. The van der Waals surface area contributed by atoms with E-state index in [4.69, 9.17) is 0 Å². The van der Waals surface area contributed by atoms with Crippen molar-refractivity contribution in [3.05, 3.63) is 0 Å². The van der Waals surface area contributed by atoms with Crippen LogP contribution in [0.2, 0.25) is 0 Å². The molecule has 11 heavy (non-hydrogen) atoms. The molecule has 0 aliphatic carbocycles. The van der Waals surface area contributed by atoms with Crippen LogP contribution in [-0.2, 0) is 0 Å². The molecule has 0 aromatic carbocycles. The van der Waals surface area contributed by atoms with Crippen molar-refractivity contribution in [3.8, 4) is 0 Å². The van der Waals surface area contributed by atoms with Crippen LogP contribution in [0.15, 0.2) is 0 Å². The molecule has 5 N–H and O–H groups in total. The minimum atomic E-state index is -0.761. The first-order chi connectivity index (χ1) is 4.39. The molecule has 0 aromatic heterocycles. The monoisotopic (exact) mass is 163 g/mol. The fraction of sp³-hybridized carbons (Fsp3) is 1.00. The fourth-order valence-electron chi connectivity index (χ4n) is 1.43. The second-order valence-corrected chi connectivity index (χ2v) is 3.41. The van der Waals surface area contributed by atoms with E-state index in [0.29, 0.717) is 0 Å². The quantitative estimate of drug-likeness (QED) is 0.587. The Bertz CT molecular complexity index is 96.8. The van der Waals surface area contributed by atoms with Crippen molar-refractivity contribution in [2.24, 2.45) is 5.92 Å². The van der Waals surface area contributed by atoms with Crippen LogP contribution >= 0.6 is 0 Å². The molecule has 0 heterocycles. The first-order valence-corrected chi connectivity index (χ1v) is 3.80. The molecule has 0 amide bonds.